The third-order valence-electron chi connectivity index (χ3n) is 4.29. The Morgan fingerprint density at radius 1 is 0.929 bits per heavy atom. The predicted molar refractivity (Wildman–Crippen MR) is 110 cm³/mol. The molecule has 6 heteroatoms. The van der Waals surface area contributed by atoms with Crippen LogP contribution in [0, 0.1) is 10.1 Å². The Balaban J connectivity index is 1.78. The zero-order valence-electron chi connectivity index (χ0n) is 15.2. The van der Waals surface area contributed by atoms with Crippen molar-refractivity contribution in [3.05, 3.63) is 106 Å². The standard InChI is InChI=1S/C22H21N3O3/c26-22(16-18-9-5-2-6-10-18)21(15-17-7-3-1-4-8-17)24-23-19-11-13-20(14-12-19)25(27)28/h1-14,22-23,26H,15-16H2/t22-/m1/s1. The fourth-order valence-corrected chi connectivity index (χ4v) is 2.79. The van der Waals surface area contributed by atoms with Crippen LogP contribution in [0.4, 0.5) is 11.4 Å². The molecule has 0 saturated heterocycles. The van der Waals surface area contributed by atoms with Crippen molar-refractivity contribution in [3.8, 4) is 0 Å². The normalized spacial score (nSPS) is 12.4. The molecule has 0 fully saturated rings. The summed E-state index contributed by atoms with van der Waals surface area (Å²) in [5.41, 5.74) is 6.19. The van der Waals surface area contributed by atoms with Crippen molar-refractivity contribution in [1.29, 1.82) is 0 Å². The van der Waals surface area contributed by atoms with Crippen LogP contribution in [0.15, 0.2) is 90.0 Å². The number of hydrazone groups is 1. The van der Waals surface area contributed by atoms with Crippen molar-refractivity contribution in [2.75, 3.05) is 5.43 Å². The summed E-state index contributed by atoms with van der Waals surface area (Å²) >= 11 is 0. The Bertz CT molecular complexity index is 926. The highest BCUT2D eigenvalue weighted by molar-refractivity contribution is 5.91. The molecule has 0 heterocycles. The predicted octanol–water partition coefficient (Wildman–Crippen LogP) is 4.21. The van der Waals surface area contributed by atoms with E-state index in [2.05, 4.69) is 10.5 Å². The van der Waals surface area contributed by atoms with Gasteiger partial charge in [0, 0.05) is 25.0 Å². The number of nitrogens with one attached hydrogen (secondary N) is 1. The summed E-state index contributed by atoms with van der Waals surface area (Å²) in [5.74, 6) is 0. The van der Waals surface area contributed by atoms with Gasteiger partial charge in [0.05, 0.1) is 22.4 Å². The monoisotopic (exact) mass is 375 g/mol. The van der Waals surface area contributed by atoms with Crippen molar-refractivity contribution in [2.45, 2.75) is 18.9 Å². The molecular weight excluding hydrogens is 354 g/mol. The number of non-ortho nitro benzene ring substituents is 1. The van der Waals surface area contributed by atoms with Crippen LogP contribution < -0.4 is 5.43 Å². The van der Waals surface area contributed by atoms with Crippen molar-refractivity contribution in [1.82, 2.24) is 0 Å². The van der Waals surface area contributed by atoms with E-state index in [1.54, 1.807) is 12.1 Å². The van der Waals surface area contributed by atoms with Crippen molar-refractivity contribution in [2.24, 2.45) is 5.10 Å². The highest BCUT2D eigenvalue weighted by Gasteiger charge is 2.15. The number of aliphatic hydroxyl groups is 1. The number of anilines is 1. The zero-order valence-corrected chi connectivity index (χ0v) is 15.2. The Hall–Kier alpha value is -3.51. The van der Waals surface area contributed by atoms with Gasteiger partial charge >= 0.3 is 0 Å². The van der Waals surface area contributed by atoms with E-state index in [1.807, 2.05) is 60.7 Å². The number of aliphatic hydroxyl groups excluding tert-OH is 1. The third kappa shape index (κ3) is 5.49. The minimum Gasteiger partial charge on any atom is -0.387 e. The van der Waals surface area contributed by atoms with Crippen molar-refractivity contribution >= 4 is 17.1 Å². The number of nitro benzene ring substituents is 1. The first-order valence-electron chi connectivity index (χ1n) is 8.94. The van der Waals surface area contributed by atoms with E-state index in [-0.39, 0.29) is 5.69 Å². The fraction of sp³-hybridized carbons (Fsp3) is 0.136. The quantitative estimate of drug-likeness (QED) is 0.351. The first-order chi connectivity index (χ1) is 13.6. The number of rotatable bonds is 8. The van der Waals surface area contributed by atoms with Crippen molar-refractivity contribution < 1.29 is 10.0 Å². The summed E-state index contributed by atoms with van der Waals surface area (Å²) in [6, 6.07) is 25.5. The molecule has 0 aliphatic rings. The molecule has 3 rings (SSSR count). The molecule has 0 aliphatic heterocycles. The Morgan fingerprint density at radius 2 is 1.50 bits per heavy atom. The van der Waals surface area contributed by atoms with Crippen LogP contribution in [0.25, 0.3) is 0 Å². The smallest absolute Gasteiger partial charge is 0.269 e. The van der Waals surface area contributed by atoms with E-state index in [4.69, 9.17) is 0 Å². The molecule has 0 unspecified atom stereocenters. The maximum absolute atomic E-state index is 10.8. The van der Waals surface area contributed by atoms with Gasteiger partial charge in [-0.25, -0.2) is 0 Å². The lowest BCUT2D eigenvalue weighted by Gasteiger charge is -2.15. The topological polar surface area (TPSA) is 87.8 Å². The number of hydrogen-bond acceptors (Lipinski definition) is 5. The van der Waals surface area contributed by atoms with Gasteiger partial charge in [-0.2, -0.15) is 5.10 Å². The van der Waals surface area contributed by atoms with Gasteiger partial charge in [0.25, 0.3) is 5.69 Å². The fourth-order valence-electron chi connectivity index (χ4n) is 2.79. The van der Waals surface area contributed by atoms with Crippen LogP contribution >= 0.6 is 0 Å². The first kappa shape index (κ1) is 19.3. The Morgan fingerprint density at radius 3 is 2.07 bits per heavy atom. The number of hydrogen-bond donors (Lipinski definition) is 2. The molecule has 0 spiro atoms. The van der Waals surface area contributed by atoms with E-state index in [0.29, 0.717) is 24.2 Å². The number of nitro groups is 1. The highest BCUT2D eigenvalue weighted by atomic mass is 16.6. The van der Waals surface area contributed by atoms with Gasteiger partial charge in [-0.05, 0) is 23.3 Å². The molecule has 3 aromatic carbocycles. The van der Waals surface area contributed by atoms with Crippen LogP contribution in [0.1, 0.15) is 11.1 Å². The van der Waals surface area contributed by atoms with Crippen LogP contribution in [0.5, 0.6) is 0 Å². The van der Waals surface area contributed by atoms with Crippen molar-refractivity contribution in [3.63, 3.8) is 0 Å². The molecule has 2 N–H and O–H groups in total. The summed E-state index contributed by atoms with van der Waals surface area (Å²) in [5, 5.41) is 25.9. The lowest BCUT2D eigenvalue weighted by Crippen LogP contribution is -2.26. The molecular formula is C22H21N3O3. The third-order valence-corrected chi connectivity index (χ3v) is 4.29. The summed E-state index contributed by atoms with van der Waals surface area (Å²) in [6.07, 6.45) is 0.191. The number of benzene rings is 3. The van der Waals surface area contributed by atoms with E-state index < -0.39 is 11.0 Å². The van der Waals surface area contributed by atoms with Gasteiger partial charge in [0.15, 0.2) is 0 Å². The molecule has 0 aromatic heterocycles. The van der Waals surface area contributed by atoms with Gasteiger partial charge in [-0.3, -0.25) is 15.5 Å². The second-order valence-electron chi connectivity index (χ2n) is 6.39. The highest BCUT2D eigenvalue weighted by Crippen LogP contribution is 2.16. The molecule has 28 heavy (non-hydrogen) atoms. The second-order valence-corrected chi connectivity index (χ2v) is 6.39. The molecule has 1 atom stereocenters. The first-order valence-corrected chi connectivity index (χ1v) is 8.94. The van der Waals surface area contributed by atoms with Gasteiger partial charge in [0.2, 0.25) is 0 Å². The van der Waals surface area contributed by atoms with Crippen LogP contribution in [0.2, 0.25) is 0 Å². The summed E-state index contributed by atoms with van der Waals surface area (Å²) in [7, 11) is 0. The minimum atomic E-state index is -0.756. The Labute approximate surface area is 163 Å². The van der Waals surface area contributed by atoms with E-state index >= 15 is 0 Å². The Kier molecular flexibility index (Phi) is 6.49. The van der Waals surface area contributed by atoms with Crippen LogP contribution in [-0.4, -0.2) is 21.8 Å². The van der Waals surface area contributed by atoms with Gasteiger partial charge in [0.1, 0.15) is 0 Å². The van der Waals surface area contributed by atoms with E-state index in [9.17, 15) is 15.2 Å². The van der Waals surface area contributed by atoms with Gasteiger partial charge < -0.3 is 5.11 Å². The molecule has 142 valence electrons. The number of nitrogens with zero attached hydrogens (tertiary/aromatic N) is 2. The average molecular weight is 375 g/mol. The molecule has 0 saturated carbocycles. The lowest BCUT2D eigenvalue weighted by atomic mass is 9.99. The molecule has 0 bridgehead atoms. The lowest BCUT2D eigenvalue weighted by molar-refractivity contribution is -0.384. The maximum atomic E-state index is 10.8. The zero-order chi connectivity index (χ0) is 19.8. The molecule has 6 nitrogen and oxygen atoms in total. The van der Waals surface area contributed by atoms with Crippen LogP contribution in [-0.2, 0) is 12.8 Å². The van der Waals surface area contributed by atoms with E-state index in [1.165, 1.54) is 12.1 Å². The summed E-state index contributed by atoms with van der Waals surface area (Å²) in [6.45, 7) is 0. The molecule has 0 amide bonds. The van der Waals surface area contributed by atoms with Gasteiger partial charge in [-0.1, -0.05) is 60.7 Å². The molecule has 0 aliphatic carbocycles. The van der Waals surface area contributed by atoms with Gasteiger partial charge in [-0.15, -0.1) is 0 Å². The molecule has 3 aromatic rings. The summed E-state index contributed by atoms with van der Waals surface area (Å²) < 4.78 is 0. The minimum absolute atomic E-state index is 0.0168. The van der Waals surface area contributed by atoms with Crippen LogP contribution in [0.3, 0.4) is 0 Å². The summed E-state index contributed by atoms with van der Waals surface area (Å²) in [4.78, 5) is 10.3. The van der Waals surface area contributed by atoms with E-state index in [0.717, 1.165) is 11.1 Å². The average Bonchev–Trinajstić information content (AvgIpc) is 2.73. The second kappa shape index (κ2) is 9.43. The SMILES string of the molecule is O=[N+]([O-])c1ccc(NN=C(Cc2ccccc2)[C@H](O)Cc2ccccc2)cc1. The largest absolute Gasteiger partial charge is 0.387 e. The molecule has 0 radical (unpaired) electrons. The maximum Gasteiger partial charge on any atom is 0.269 e.